The molecule has 160 valence electrons. The number of pyridine rings is 1. The summed E-state index contributed by atoms with van der Waals surface area (Å²) in [7, 11) is 1.62. The lowest BCUT2D eigenvalue weighted by Crippen LogP contribution is -2.23. The summed E-state index contributed by atoms with van der Waals surface area (Å²) < 4.78 is 9.04. The number of hydrogen-bond donors (Lipinski definition) is 0. The number of fused-ring (bicyclic) bond motifs is 2. The lowest BCUT2D eigenvalue weighted by Gasteiger charge is -2.12. The summed E-state index contributed by atoms with van der Waals surface area (Å²) in [5.74, 6) is 1.18. The highest BCUT2D eigenvalue weighted by Crippen LogP contribution is 2.24. The van der Waals surface area contributed by atoms with Gasteiger partial charge in [-0.05, 0) is 41.3 Å². The van der Waals surface area contributed by atoms with Gasteiger partial charge in [0.2, 0.25) is 0 Å². The Morgan fingerprint density at radius 1 is 1.06 bits per heavy atom. The summed E-state index contributed by atoms with van der Waals surface area (Å²) in [5, 5.41) is 2.46. The van der Waals surface area contributed by atoms with Crippen molar-refractivity contribution in [2.24, 2.45) is 0 Å². The molecular weight excluding hydrogens is 444 g/mol. The first-order valence-corrected chi connectivity index (χ1v) is 11.7. The monoisotopic (exact) mass is 462 g/mol. The number of methoxy groups -OCH3 is 1. The van der Waals surface area contributed by atoms with E-state index in [9.17, 15) is 9.59 Å². The van der Waals surface area contributed by atoms with Gasteiger partial charge in [-0.3, -0.25) is 18.6 Å². The number of benzene rings is 1. The first kappa shape index (κ1) is 20.5. The van der Waals surface area contributed by atoms with E-state index < -0.39 is 0 Å². The summed E-state index contributed by atoms with van der Waals surface area (Å²) in [4.78, 5) is 34.9. The molecule has 32 heavy (non-hydrogen) atoms. The maximum atomic E-state index is 13.2. The molecule has 0 fully saturated rings. The lowest BCUT2D eigenvalue weighted by molar-refractivity contribution is 0.414. The van der Waals surface area contributed by atoms with Gasteiger partial charge < -0.3 is 4.74 Å². The average Bonchev–Trinajstić information content (AvgIpc) is 3.29. The zero-order chi connectivity index (χ0) is 22.1. The van der Waals surface area contributed by atoms with E-state index in [2.05, 4.69) is 4.98 Å². The summed E-state index contributed by atoms with van der Waals surface area (Å²) >= 11 is 2.79. The minimum absolute atomic E-state index is 0.0742. The van der Waals surface area contributed by atoms with Crippen molar-refractivity contribution in [3.63, 3.8) is 0 Å². The molecule has 0 saturated carbocycles. The van der Waals surface area contributed by atoms with Crippen LogP contribution in [0.4, 0.5) is 0 Å². The maximum Gasteiger partial charge on any atom is 0.272 e. The van der Waals surface area contributed by atoms with Crippen LogP contribution >= 0.6 is 23.1 Å². The molecule has 0 spiro atoms. The summed E-state index contributed by atoms with van der Waals surface area (Å²) in [6.45, 7) is 0.389. The number of ether oxygens (including phenoxy) is 1. The predicted molar refractivity (Wildman–Crippen MR) is 127 cm³/mol. The van der Waals surface area contributed by atoms with Gasteiger partial charge >= 0.3 is 0 Å². The number of aromatic nitrogens is 4. The van der Waals surface area contributed by atoms with Crippen molar-refractivity contribution in [1.29, 1.82) is 0 Å². The lowest BCUT2D eigenvalue weighted by atomic mass is 10.2. The smallest absolute Gasteiger partial charge is 0.272 e. The Hall–Kier alpha value is -3.43. The van der Waals surface area contributed by atoms with Gasteiger partial charge in [0, 0.05) is 18.0 Å². The van der Waals surface area contributed by atoms with E-state index in [1.807, 2.05) is 41.8 Å². The van der Waals surface area contributed by atoms with Crippen LogP contribution in [0, 0.1) is 0 Å². The molecule has 4 aromatic heterocycles. The molecule has 0 aliphatic heterocycles. The van der Waals surface area contributed by atoms with Gasteiger partial charge in [0.05, 0.1) is 24.9 Å². The SMILES string of the molecule is COc1ccc(Cn2c(SCc3cc(=O)n4ccccc4n3)nc3ccsc3c2=O)cc1. The van der Waals surface area contributed by atoms with Gasteiger partial charge in [-0.15, -0.1) is 11.3 Å². The first-order chi connectivity index (χ1) is 15.6. The minimum atomic E-state index is -0.136. The number of hydrogen-bond acceptors (Lipinski definition) is 7. The average molecular weight is 463 g/mol. The molecule has 0 saturated heterocycles. The third-order valence-electron chi connectivity index (χ3n) is 5.00. The van der Waals surface area contributed by atoms with Crippen LogP contribution in [0.1, 0.15) is 11.3 Å². The third kappa shape index (κ3) is 3.92. The molecule has 0 radical (unpaired) electrons. The highest BCUT2D eigenvalue weighted by atomic mass is 32.2. The molecule has 1 aromatic carbocycles. The number of thioether (sulfide) groups is 1. The second-order valence-corrected chi connectivity index (χ2v) is 8.93. The van der Waals surface area contributed by atoms with Crippen LogP contribution < -0.4 is 15.9 Å². The molecule has 5 aromatic rings. The molecule has 0 aliphatic carbocycles. The van der Waals surface area contributed by atoms with Crippen LogP contribution in [0.3, 0.4) is 0 Å². The Labute approximate surface area is 191 Å². The third-order valence-corrected chi connectivity index (χ3v) is 6.91. The Balaban J connectivity index is 1.50. The van der Waals surface area contributed by atoms with E-state index in [1.54, 1.807) is 30.0 Å². The maximum absolute atomic E-state index is 13.2. The van der Waals surface area contributed by atoms with Crippen molar-refractivity contribution < 1.29 is 4.74 Å². The van der Waals surface area contributed by atoms with E-state index in [0.717, 1.165) is 11.3 Å². The van der Waals surface area contributed by atoms with E-state index in [1.165, 1.54) is 33.6 Å². The van der Waals surface area contributed by atoms with Crippen LogP contribution in [-0.4, -0.2) is 26.0 Å². The van der Waals surface area contributed by atoms with Crippen LogP contribution in [0.2, 0.25) is 0 Å². The fourth-order valence-corrected chi connectivity index (χ4v) is 5.07. The van der Waals surface area contributed by atoms with Gasteiger partial charge in [-0.1, -0.05) is 30.0 Å². The second kappa shape index (κ2) is 8.60. The Bertz CT molecular complexity index is 1540. The number of rotatable bonds is 6. The van der Waals surface area contributed by atoms with Crippen molar-refractivity contribution in [2.45, 2.75) is 17.5 Å². The number of nitrogens with zero attached hydrogens (tertiary/aromatic N) is 4. The Morgan fingerprint density at radius 2 is 1.91 bits per heavy atom. The predicted octanol–water partition coefficient (Wildman–Crippen LogP) is 3.82. The van der Waals surface area contributed by atoms with E-state index in [-0.39, 0.29) is 11.1 Å². The summed E-state index contributed by atoms with van der Waals surface area (Å²) in [6.07, 6.45) is 1.69. The molecule has 0 unspecified atom stereocenters. The molecular formula is C23H18N4O3S2. The largest absolute Gasteiger partial charge is 0.497 e. The van der Waals surface area contributed by atoms with Gasteiger partial charge in [0.15, 0.2) is 5.16 Å². The topological polar surface area (TPSA) is 78.5 Å². The van der Waals surface area contributed by atoms with Crippen LogP contribution in [0.15, 0.2) is 80.9 Å². The summed E-state index contributed by atoms with van der Waals surface area (Å²) in [5.41, 5.74) is 2.67. The molecule has 0 amide bonds. The number of thiophene rings is 1. The van der Waals surface area contributed by atoms with Gasteiger partial charge in [0.1, 0.15) is 16.1 Å². The normalized spacial score (nSPS) is 11.3. The van der Waals surface area contributed by atoms with Crippen molar-refractivity contribution in [3.8, 4) is 5.75 Å². The van der Waals surface area contributed by atoms with Crippen molar-refractivity contribution in [2.75, 3.05) is 7.11 Å². The molecule has 7 nitrogen and oxygen atoms in total. The van der Waals surface area contributed by atoms with Crippen LogP contribution in [-0.2, 0) is 12.3 Å². The quantitative estimate of drug-likeness (QED) is 0.282. The van der Waals surface area contributed by atoms with Crippen molar-refractivity contribution in [1.82, 2.24) is 18.9 Å². The molecule has 4 heterocycles. The van der Waals surface area contributed by atoms with Crippen molar-refractivity contribution >= 4 is 39.0 Å². The highest BCUT2D eigenvalue weighted by Gasteiger charge is 2.14. The minimum Gasteiger partial charge on any atom is -0.497 e. The Morgan fingerprint density at radius 3 is 2.72 bits per heavy atom. The van der Waals surface area contributed by atoms with Gasteiger partial charge in [-0.2, -0.15) is 0 Å². The van der Waals surface area contributed by atoms with Crippen molar-refractivity contribution in [3.05, 3.63) is 98.1 Å². The van der Waals surface area contributed by atoms with Gasteiger partial charge in [0.25, 0.3) is 11.1 Å². The summed E-state index contributed by atoms with van der Waals surface area (Å²) in [6, 6.07) is 16.4. The van der Waals surface area contributed by atoms with Gasteiger partial charge in [-0.25, -0.2) is 9.97 Å². The highest BCUT2D eigenvalue weighted by molar-refractivity contribution is 7.98. The molecule has 0 atom stereocenters. The molecule has 5 rings (SSSR count). The van der Waals surface area contributed by atoms with Crippen LogP contribution in [0.5, 0.6) is 5.75 Å². The second-order valence-electron chi connectivity index (χ2n) is 7.07. The zero-order valence-electron chi connectivity index (χ0n) is 17.1. The fraction of sp³-hybridized carbons (Fsp3) is 0.130. The van der Waals surface area contributed by atoms with Crippen LogP contribution in [0.25, 0.3) is 15.9 Å². The standard InChI is InChI=1S/C23H18N4O3S2/c1-30-17-7-5-15(6-8-17)13-27-22(29)21-18(9-11-31-21)25-23(27)32-14-16-12-20(28)26-10-3-2-4-19(26)24-16/h2-12H,13-14H2,1H3. The van der Waals surface area contributed by atoms with E-state index in [4.69, 9.17) is 9.72 Å². The van der Waals surface area contributed by atoms with E-state index >= 15 is 0 Å². The molecule has 0 N–H and O–H groups in total. The molecule has 0 bridgehead atoms. The fourth-order valence-electron chi connectivity index (χ4n) is 3.40. The molecule has 0 aliphatic rings. The zero-order valence-corrected chi connectivity index (χ0v) is 18.7. The molecule has 9 heteroatoms. The van der Waals surface area contributed by atoms with E-state index in [0.29, 0.717) is 39.0 Å². The Kier molecular flexibility index (Phi) is 5.50. The first-order valence-electron chi connectivity index (χ1n) is 9.83.